The Morgan fingerprint density at radius 2 is 1.89 bits per heavy atom. The highest BCUT2D eigenvalue weighted by atomic mass is 35.5. The highest BCUT2D eigenvalue weighted by Crippen LogP contribution is 2.39. The first-order valence-electron chi connectivity index (χ1n) is 10.1. The second kappa shape index (κ2) is 8.51. The smallest absolute Gasteiger partial charge is 0.152 e. The molecule has 1 aromatic rings. The minimum Gasteiger partial charge on any atom is -0.355 e. The lowest BCUT2D eigenvalue weighted by atomic mass is 9.72. The molecule has 5 heteroatoms. The van der Waals surface area contributed by atoms with E-state index in [0.717, 1.165) is 35.9 Å². The van der Waals surface area contributed by atoms with Crippen molar-refractivity contribution in [2.75, 3.05) is 13.1 Å². The summed E-state index contributed by atoms with van der Waals surface area (Å²) in [4.78, 5) is 9.61. The van der Waals surface area contributed by atoms with Gasteiger partial charge in [0.25, 0.3) is 0 Å². The normalized spacial score (nSPS) is 21.2. The quantitative estimate of drug-likeness (QED) is 0.540. The van der Waals surface area contributed by atoms with E-state index in [2.05, 4.69) is 56.7 Å². The largest absolute Gasteiger partial charge is 0.355 e. The van der Waals surface area contributed by atoms with Crippen LogP contribution in [0.25, 0.3) is 0 Å². The van der Waals surface area contributed by atoms with Gasteiger partial charge in [0, 0.05) is 25.8 Å². The molecule has 0 spiro atoms. The van der Waals surface area contributed by atoms with E-state index in [1.807, 2.05) is 18.2 Å². The Bertz CT molecular complexity index is 815. The molecule has 3 rings (SSSR count). The van der Waals surface area contributed by atoms with Crippen molar-refractivity contribution in [2.24, 2.45) is 16.3 Å². The van der Waals surface area contributed by atoms with Crippen LogP contribution in [0, 0.1) is 11.3 Å². The number of amidine groups is 1. The van der Waals surface area contributed by atoms with E-state index in [1.54, 1.807) is 0 Å². The number of piperidine rings is 1. The SMILES string of the molecule is C/C=C1/C(N2CCC(C)(C(C)C)CC2)=NC(C)=CN1Cc1cccc(Cl)c1Cl. The number of hydrogen-bond acceptors (Lipinski definition) is 3. The minimum atomic E-state index is 0.417. The summed E-state index contributed by atoms with van der Waals surface area (Å²) in [7, 11) is 0. The third-order valence-corrected chi connectivity index (χ3v) is 7.27. The Kier molecular flexibility index (Phi) is 6.46. The van der Waals surface area contributed by atoms with E-state index in [1.165, 1.54) is 12.8 Å². The maximum atomic E-state index is 6.45. The molecule has 1 saturated heterocycles. The molecular formula is C23H31Cl2N3. The minimum absolute atomic E-state index is 0.417. The van der Waals surface area contributed by atoms with Crippen molar-refractivity contribution in [3.8, 4) is 0 Å². The third kappa shape index (κ3) is 4.26. The van der Waals surface area contributed by atoms with Crippen molar-refractivity contribution < 1.29 is 0 Å². The summed E-state index contributed by atoms with van der Waals surface area (Å²) in [5.74, 6) is 1.78. The van der Waals surface area contributed by atoms with Crippen LogP contribution in [0.1, 0.15) is 53.0 Å². The van der Waals surface area contributed by atoms with Crippen LogP contribution in [0.3, 0.4) is 0 Å². The van der Waals surface area contributed by atoms with Gasteiger partial charge in [-0.15, -0.1) is 0 Å². The Morgan fingerprint density at radius 1 is 1.21 bits per heavy atom. The zero-order chi connectivity index (χ0) is 20.5. The Balaban J connectivity index is 1.82. The average Bonchev–Trinajstić information content (AvgIpc) is 2.65. The Labute approximate surface area is 179 Å². The molecule has 0 radical (unpaired) electrons. The zero-order valence-corrected chi connectivity index (χ0v) is 19.1. The fraction of sp³-hybridized carbons (Fsp3) is 0.522. The highest BCUT2D eigenvalue weighted by Gasteiger charge is 2.35. The molecule has 0 N–H and O–H groups in total. The summed E-state index contributed by atoms with van der Waals surface area (Å²) in [6.45, 7) is 14.0. The predicted octanol–water partition coefficient (Wildman–Crippen LogP) is 6.73. The van der Waals surface area contributed by atoms with Gasteiger partial charge in [0.15, 0.2) is 5.84 Å². The molecule has 2 aliphatic rings. The number of benzene rings is 1. The van der Waals surface area contributed by atoms with Crippen molar-refractivity contribution in [1.29, 1.82) is 0 Å². The fourth-order valence-corrected chi connectivity index (χ4v) is 4.38. The average molecular weight is 420 g/mol. The van der Waals surface area contributed by atoms with Crippen molar-refractivity contribution in [1.82, 2.24) is 9.80 Å². The molecule has 0 aliphatic carbocycles. The second-order valence-electron chi connectivity index (χ2n) is 8.52. The van der Waals surface area contributed by atoms with Crippen molar-refractivity contribution in [3.05, 3.63) is 57.5 Å². The van der Waals surface area contributed by atoms with Gasteiger partial charge in [-0.3, -0.25) is 0 Å². The van der Waals surface area contributed by atoms with Crippen molar-refractivity contribution in [3.63, 3.8) is 0 Å². The number of nitrogens with zero attached hydrogens (tertiary/aromatic N) is 3. The van der Waals surface area contributed by atoms with Gasteiger partial charge in [-0.1, -0.05) is 62.2 Å². The summed E-state index contributed by atoms with van der Waals surface area (Å²) >= 11 is 12.7. The molecule has 0 atom stereocenters. The summed E-state index contributed by atoms with van der Waals surface area (Å²) < 4.78 is 0. The molecule has 3 nitrogen and oxygen atoms in total. The van der Waals surface area contributed by atoms with E-state index in [-0.39, 0.29) is 0 Å². The standard InChI is InChI=1S/C23H31Cl2N3/c1-6-20-22(27-12-10-23(5,11-13-27)16(2)3)26-17(4)14-28(20)15-18-8-7-9-19(24)21(18)25/h6-9,14,16H,10-13,15H2,1-5H3/b20-6-. The van der Waals surface area contributed by atoms with Crippen LogP contribution in [0.2, 0.25) is 10.0 Å². The third-order valence-electron chi connectivity index (χ3n) is 6.41. The lowest BCUT2D eigenvalue weighted by molar-refractivity contribution is 0.112. The maximum Gasteiger partial charge on any atom is 0.152 e. The van der Waals surface area contributed by atoms with Gasteiger partial charge in [-0.2, -0.15) is 0 Å². The summed E-state index contributed by atoms with van der Waals surface area (Å²) in [5.41, 5.74) is 3.58. The molecular weight excluding hydrogens is 389 g/mol. The fourth-order valence-electron chi connectivity index (χ4n) is 4.00. The highest BCUT2D eigenvalue weighted by molar-refractivity contribution is 6.42. The summed E-state index contributed by atoms with van der Waals surface area (Å²) in [6.07, 6.45) is 6.64. The van der Waals surface area contributed by atoms with Crippen molar-refractivity contribution >= 4 is 29.0 Å². The predicted molar refractivity (Wildman–Crippen MR) is 121 cm³/mol. The maximum absolute atomic E-state index is 6.45. The first kappa shape index (κ1) is 21.3. The zero-order valence-electron chi connectivity index (χ0n) is 17.6. The van der Waals surface area contributed by atoms with E-state index >= 15 is 0 Å². The van der Waals surface area contributed by atoms with Gasteiger partial charge in [0.2, 0.25) is 0 Å². The molecule has 0 saturated carbocycles. The molecule has 0 unspecified atom stereocenters. The van der Waals surface area contributed by atoms with Crippen LogP contribution in [0.4, 0.5) is 0 Å². The van der Waals surface area contributed by atoms with Crippen LogP contribution >= 0.6 is 23.2 Å². The van der Waals surface area contributed by atoms with E-state index in [9.17, 15) is 0 Å². The Hall–Kier alpha value is -1.45. The molecule has 2 heterocycles. The first-order chi connectivity index (χ1) is 13.2. The van der Waals surface area contributed by atoms with Crippen LogP contribution in [0.15, 0.2) is 46.9 Å². The van der Waals surface area contributed by atoms with Gasteiger partial charge >= 0.3 is 0 Å². The van der Waals surface area contributed by atoms with Crippen LogP contribution in [-0.2, 0) is 6.54 Å². The van der Waals surface area contributed by atoms with Gasteiger partial charge in [-0.05, 0) is 49.7 Å². The topological polar surface area (TPSA) is 18.8 Å². The molecule has 152 valence electrons. The molecule has 1 aromatic carbocycles. The molecule has 1 fully saturated rings. The Morgan fingerprint density at radius 3 is 2.50 bits per heavy atom. The number of aliphatic imine (C=N–C) groups is 1. The van der Waals surface area contributed by atoms with E-state index in [0.29, 0.717) is 27.9 Å². The monoisotopic (exact) mass is 419 g/mol. The van der Waals surface area contributed by atoms with E-state index < -0.39 is 0 Å². The van der Waals surface area contributed by atoms with Crippen molar-refractivity contribution in [2.45, 2.75) is 54.0 Å². The molecule has 0 amide bonds. The molecule has 0 aromatic heterocycles. The number of rotatable bonds is 3. The first-order valence-corrected chi connectivity index (χ1v) is 10.9. The summed E-state index contributed by atoms with van der Waals surface area (Å²) in [5, 5.41) is 1.22. The molecule has 0 bridgehead atoms. The number of allylic oxidation sites excluding steroid dienone is 2. The molecule has 28 heavy (non-hydrogen) atoms. The van der Waals surface area contributed by atoms with Gasteiger partial charge in [-0.25, -0.2) is 4.99 Å². The van der Waals surface area contributed by atoms with Crippen LogP contribution in [-0.4, -0.2) is 28.7 Å². The molecule has 2 aliphatic heterocycles. The van der Waals surface area contributed by atoms with Crippen LogP contribution in [0.5, 0.6) is 0 Å². The summed E-state index contributed by atoms with van der Waals surface area (Å²) in [6, 6.07) is 5.81. The number of hydrogen-bond donors (Lipinski definition) is 0. The van der Waals surface area contributed by atoms with Crippen LogP contribution < -0.4 is 0 Å². The number of halogens is 2. The lowest BCUT2D eigenvalue weighted by Crippen LogP contribution is -2.46. The van der Waals surface area contributed by atoms with Gasteiger partial charge in [0.05, 0.1) is 21.4 Å². The number of likely N-dealkylation sites (tertiary alicyclic amines) is 1. The van der Waals surface area contributed by atoms with Gasteiger partial charge in [0.1, 0.15) is 0 Å². The van der Waals surface area contributed by atoms with E-state index in [4.69, 9.17) is 28.2 Å². The lowest BCUT2D eigenvalue weighted by Gasteiger charge is -2.44. The second-order valence-corrected chi connectivity index (χ2v) is 9.30. The van der Waals surface area contributed by atoms with Gasteiger partial charge < -0.3 is 9.80 Å².